The number of aliphatic hydroxyl groups is 2. The van der Waals surface area contributed by atoms with Gasteiger partial charge in [0.2, 0.25) is 11.6 Å². The van der Waals surface area contributed by atoms with Crippen LogP contribution >= 0.6 is 0 Å². The van der Waals surface area contributed by atoms with Crippen LogP contribution in [-0.4, -0.2) is 137 Å². The SMILES string of the molecule is C=C1C[C@H]2C(O)N(C(=O)OCc3ccc(CC(=O)OCc4cc5c(n4C)C(=O)C=C(OC)C5=O)cc3)c3cc(OCCCCCOc4cc5c(cc4OC)C(=O)N4CC(=C)C[C@H]4C(O)N5C(=O)OC(C)(C)C)c(C)cc3C(=O)N2C1. The van der Waals surface area contributed by atoms with Gasteiger partial charge in [-0.25, -0.2) is 19.4 Å². The monoisotopic (exact) mass is 1100 g/mol. The number of benzene rings is 3. The lowest BCUT2D eigenvalue weighted by atomic mass is 10.0. The number of fused-ring (bicyclic) bond motifs is 5. The van der Waals surface area contributed by atoms with Crippen molar-refractivity contribution in [3.05, 3.63) is 136 Å². The van der Waals surface area contributed by atoms with Gasteiger partial charge in [-0.2, -0.15) is 0 Å². The van der Waals surface area contributed by atoms with Crippen LogP contribution in [0.15, 0.2) is 90.7 Å². The number of esters is 1. The number of hydrogen-bond acceptors (Lipinski definition) is 16. The number of amides is 4. The molecule has 4 amide bonds. The molecular formula is C59H65N5O16. The first-order chi connectivity index (χ1) is 38.1. The Bertz CT molecular complexity index is 3240. The Kier molecular flexibility index (Phi) is 16.0. The number of anilines is 2. The van der Waals surface area contributed by atoms with Gasteiger partial charge in [0.15, 0.2) is 29.7 Å². The minimum Gasteiger partial charge on any atom is -0.493 e. The molecule has 0 saturated carbocycles. The first kappa shape index (κ1) is 56.3. The maximum absolute atomic E-state index is 14.2. The normalized spacial score (nSPS) is 19.5. The minimum absolute atomic E-state index is 0.0674. The molecule has 0 radical (unpaired) electrons. The Morgan fingerprint density at radius 1 is 0.675 bits per heavy atom. The number of Topliss-reactive ketones (excluding diaryl/α,β-unsaturated/α-hetero) is 1. The van der Waals surface area contributed by atoms with Crippen molar-refractivity contribution < 1.29 is 76.9 Å². The van der Waals surface area contributed by atoms with Crippen molar-refractivity contribution in [1.82, 2.24) is 14.4 Å². The van der Waals surface area contributed by atoms with Crippen molar-refractivity contribution >= 4 is 52.9 Å². The van der Waals surface area contributed by atoms with E-state index in [9.17, 15) is 43.8 Å². The van der Waals surface area contributed by atoms with Gasteiger partial charge < -0.3 is 57.7 Å². The third-order valence-corrected chi connectivity index (χ3v) is 14.6. The van der Waals surface area contributed by atoms with Gasteiger partial charge in [0.1, 0.15) is 30.3 Å². The Balaban J connectivity index is 0.816. The summed E-state index contributed by atoms with van der Waals surface area (Å²) in [6.45, 7) is 15.5. The molecule has 1 aliphatic carbocycles. The highest BCUT2D eigenvalue weighted by atomic mass is 16.6. The zero-order valence-corrected chi connectivity index (χ0v) is 45.8. The summed E-state index contributed by atoms with van der Waals surface area (Å²) < 4.78 is 41.7. The van der Waals surface area contributed by atoms with E-state index >= 15 is 0 Å². The summed E-state index contributed by atoms with van der Waals surface area (Å²) >= 11 is 0. The zero-order valence-electron chi connectivity index (χ0n) is 45.8. The van der Waals surface area contributed by atoms with E-state index in [2.05, 4.69) is 13.2 Å². The van der Waals surface area contributed by atoms with Gasteiger partial charge in [-0.05, 0) is 94.7 Å². The highest BCUT2D eigenvalue weighted by Gasteiger charge is 2.48. The number of methoxy groups -OCH3 is 2. The molecule has 2 unspecified atom stereocenters. The molecule has 5 heterocycles. The molecule has 2 fully saturated rings. The lowest BCUT2D eigenvalue weighted by Gasteiger charge is -2.33. The molecule has 21 nitrogen and oxygen atoms in total. The predicted molar refractivity (Wildman–Crippen MR) is 289 cm³/mol. The maximum atomic E-state index is 14.2. The fourth-order valence-corrected chi connectivity index (χ4v) is 10.6. The van der Waals surface area contributed by atoms with Gasteiger partial charge in [-0.15, -0.1) is 0 Å². The van der Waals surface area contributed by atoms with Crippen molar-refractivity contribution in [2.75, 3.05) is 50.3 Å². The van der Waals surface area contributed by atoms with Gasteiger partial charge in [0.25, 0.3) is 11.8 Å². The van der Waals surface area contributed by atoms with Gasteiger partial charge in [-0.3, -0.25) is 24.0 Å². The molecule has 0 spiro atoms. The number of aromatic nitrogens is 1. The quantitative estimate of drug-likeness (QED) is 0.0486. The summed E-state index contributed by atoms with van der Waals surface area (Å²) in [5.41, 5.74) is 3.72. The molecule has 422 valence electrons. The van der Waals surface area contributed by atoms with E-state index in [1.165, 1.54) is 46.8 Å². The van der Waals surface area contributed by atoms with E-state index in [0.717, 1.165) is 27.0 Å². The molecule has 0 bridgehead atoms. The minimum atomic E-state index is -1.50. The fraction of sp³-hybridized carbons (Fsp3) is 0.407. The molecule has 1 aromatic heterocycles. The fourth-order valence-electron chi connectivity index (χ4n) is 10.6. The highest BCUT2D eigenvalue weighted by molar-refractivity contribution is 6.23. The van der Waals surface area contributed by atoms with Gasteiger partial charge in [0.05, 0.1) is 79.7 Å². The number of ketones is 2. The maximum Gasteiger partial charge on any atom is 0.417 e. The van der Waals surface area contributed by atoms with Gasteiger partial charge in [-0.1, -0.05) is 48.6 Å². The molecule has 2 N–H and O–H groups in total. The van der Waals surface area contributed by atoms with Gasteiger partial charge in [0, 0.05) is 38.3 Å². The number of carbonyl (C=O) groups excluding carboxylic acids is 7. The first-order valence-electron chi connectivity index (χ1n) is 26.3. The Labute approximate surface area is 462 Å². The van der Waals surface area contributed by atoms with Gasteiger partial charge >= 0.3 is 18.2 Å². The molecule has 21 heteroatoms. The number of nitrogens with zero attached hydrogens (tertiary/aromatic N) is 5. The van der Waals surface area contributed by atoms with Crippen molar-refractivity contribution in [2.24, 2.45) is 7.05 Å². The van der Waals surface area contributed by atoms with Crippen molar-refractivity contribution in [3.63, 3.8) is 0 Å². The second-order valence-corrected chi connectivity index (χ2v) is 21.4. The van der Waals surface area contributed by atoms with Crippen LogP contribution in [0.1, 0.15) is 117 Å². The third kappa shape index (κ3) is 11.2. The first-order valence-corrected chi connectivity index (χ1v) is 26.3. The number of unbranched alkanes of at least 4 members (excludes halogenated alkanes) is 2. The highest BCUT2D eigenvalue weighted by Crippen LogP contribution is 2.43. The van der Waals surface area contributed by atoms with Crippen LogP contribution in [0.3, 0.4) is 0 Å². The van der Waals surface area contributed by atoms with Crippen LogP contribution < -0.4 is 24.0 Å². The number of hydrogen-bond donors (Lipinski definition) is 2. The molecule has 80 heavy (non-hydrogen) atoms. The van der Waals surface area contributed by atoms with Crippen molar-refractivity contribution in [3.8, 4) is 17.2 Å². The number of rotatable bonds is 16. The lowest BCUT2D eigenvalue weighted by Crippen LogP contribution is -2.51. The number of allylic oxidation sites excluding steroid dienone is 2. The van der Waals surface area contributed by atoms with E-state index in [-0.39, 0.29) is 109 Å². The van der Waals surface area contributed by atoms with Crippen LogP contribution in [0.2, 0.25) is 0 Å². The standard InChI is InChI=1S/C59H65N5O16/c1-32-19-43-55(70)63(57(72)79-30-36-15-13-35(14-16-36)22-50(66)78-31-37-23-40-51(60(37)7)45(65)27-49(75-9)52(40)67)41-25-46(34(3)21-38(41)53(68)61(43)28-32)76-17-11-10-12-18-77-48-26-42-39(24-47(48)74-8)54(69)62-29-33(2)20-44(62)56(71)64(42)58(73)80-59(4,5)6/h13-16,21,23-27,43-44,55-56,70-71H,1-2,10-12,17-20,22,28-31H2,3-9H3/t43-,44-,55?,56?/m0/s1. The van der Waals surface area contributed by atoms with Crippen LogP contribution in [0.5, 0.6) is 17.2 Å². The largest absolute Gasteiger partial charge is 0.493 e. The summed E-state index contributed by atoms with van der Waals surface area (Å²) in [6, 6.07) is 12.9. The molecule has 9 rings (SSSR count). The van der Waals surface area contributed by atoms with Crippen molar-refractivity contribution in [2.45, 2.75) is 110 Å². The molecule has 4 aromatic rings. The van der Waals surface area contributed by atoms with E-state index in [0.29, 0.717) is 53.8 Å². The smallest absolute Gasteiger partial charge is 0.417 e. The average molecular weight is 1100 g/mol. The number of aliphatic hydroxyl groups excluding tert-OH is 2. The molecule has 5 aliphatic rings. The van der Waals surface area contributed by atoms with Crippen LogP contribution in [0, 0.1) is 6.92 Å². The molecule has 3 aromatic carbocycles. The Hall–Kier alpha value is -8.43. The zero-order chi connectivity index (χ0) is 57.5. The average Bonchev–Trinajstić information content (AvgIpc) is 4.10. The number of ether oxygens (including phenoxy) is 7. The predicted octanol–water partition coefficient (Wildman–Crippen LogP) is 7.26. The second kappa shape index (κ2) is 22.7. The summed E-state index contributed by atoms with van der Waals surface area (Å²) in [5, 5.41) is 23.5. The topological polar surface area (TPSA) is 242 Å². The molecule has 4 atom stereocenters. The van der Waals surface area contributed by atoms with E-state index in [1.807, 2.05) is 0 Å². The van der Waals surface area contributed by atoms with Crippen LogP contribution in [0.25, 0.3) is 0 Å². The van der Waals surface area contributed by atoms with Crippen molar-refractivity contribution in [1.29, 1.82) is 0 Å². The number of aryl methyl sites for hydroxylation is 1. The van der Waals surface area contributed by atoms with Crippen LogP contribution in [0.4, 0.5) is 21.0 Å². The summed E-state index contributed by atoms with van der Waals surface area (Å²) in [7, 11) is 4.36. The molecular weight excluding hydrogens is 1030 g/mol. The van der Waals surface area contributed by atoms with Crippen LogP contribution in [-0.2, 0) is 50.4 Å². The Morgan fingerprint density at radius 2 is 1.24 bits per heavy atom. The second-order valence-electron chi connectivity index (χ2n) is 21.4. The van der Waals surface area contributed by atoms with E-state index in [1.54, 1.807) is 71.1 Å². The van der Waals surface area contributed by atoms with E-state index < -0.39 is 65.8 Å². The third-order valence-electron chi connectivity index (χ3n) is 14.6. The van der Waals surface area contributed by atoms with E-state index in [4.69, 9.17) is 33.2 Å². The summed E-state index contributed by atoms with van der Waals surface area (Å²) in [5.74, 6) is -1.34. The molecule has 2 saturated heterocycles. The lowest BCUT2D eigenvalue weighted by molar-refractivity contribution is -0.144. The summed E-state index contributed by atoms with van der Waals surface area (Å²) in [4.78, 5) is 99.4. The number of carbonyl (C=O) groups is 7. The summed E-state index contributed by atoms with van der Waals surface area (Å²) in [6.07, 6.45) is -1.30. The molecule has 4 aliphatic heterocycles. The Morgan fingerprint density at radius 3 is 1.82 bits per heavy atom.